The molecule has 2 nitrogen and oxygen atoms in total. The summed E-state index contributed by atoms with van der Waals surface area (Å²) in [6, 6.07) is 9.49. The van der Waals surface area contributed by atoms with E-state index in [-0.39, 0.29) is 5.97 Å². The summed E-state index contributed by atoms with van der Waals surface area (Å²) in [6.07, 6.45) is 0. The van der Waals surface area contributed by atoms with Gasteiger partial charge in [0.1, 0.15) is 10.4 Å². The van der Waals surface area contributed by atoms with Crippen molar-refractivity contribution in [2.45, 2.75) is 31.2 Å². The summed E-state index contributed by atoms with van der Waals surface area (Å²) in [5.74, 6) is -0.256. The maximum absolute atomic E-state index is 11.7. The molecule has 15 heavy (non-hydrogen) atoms. The number of carbonyl (C=O) groups is 1. The third-order valence-corrected chi connectivity index (χ3v) is 2.61. The lowest BCUT2D eigenvalue weighted by Crippen LogP contribution is -2.25. The highest BCUT2D eigenvalue weighted by molar-refractivity contribution is 9.09. The summed E-state index contributed by atoms with van der Waals surface area (Å²) < 4.78 is 5.27. The lowest BCUT2D eigenvalue weighted by Gasteiger charge is -2.21. The third kappa shape index (κ3) is 4.04. The Balaban J connectivity index is 2.70. The summed E-state index contributed by atoms with van der Waals surface area (Å²) in [5, 5.41) is 0. The van der Waals surface area contributed by atoms with Crippen LogP contribution in [0.15, 0.2) is 30.3 Å². The minimum Gasteiger partial charge on any atom is -0.459 e. The van der Waals surface area contributed by atoms with Crippen LogP contribution in [0.2, 0.25) is 0 Å². The number of alkyl halides is 1. The molecule has 0 radical (unpaired) electrons. The van der Waals surface area contributed by atoms with E-state index in [1.54, 1.807) is 0 Å². The van der Waals surface area contributed by atoms with Gasteiger partial charge < -0.3 is 4.74 Å². The van der Waals surface area contributed by atoms with Gasteiger partial charge in [0.05, 0.1) is 0 Å². The van der Waals surface area contributed by atoms with Gasteiger partial charge in [-0.25, -0.2) is 0 Å². The zero-order valence-corrected chi connectivity index (χ0v) is 10.7. The lowest BCUT2D eigenvalue weighted by atomic mass is 10.1. The highest BCUT2D eigenvalue weighted by atomic mass is 79.9. The molecule has 0 saturated carbocycles. The highest BCUT2D eigenvalue weighted by Gasteiger charge is 2.23. The predicted octanol–water partition coefficient (Wildman–Crippen LogP) is 3.46. The Kier molecular flexibility index (Phi) is 3.91. The Labute approximate surface area is 98.8 Å². The Bertz CT molecular complexity index is 327. The molecule has 1 aromatic rings. The molecule has 1 aromatic carbocycles. The molecule has 0 unspecified atom stereocenters. The van der Waals surface area contributed by atoms with Gasteiger partial charge in [-0.1, -0.05) is 46.3 Å². The van der Waals surface area contributed by atoms with Crippen LogP contribution >= 0.6 is 15.9 Å². The van der Waals surface area contributed by atoms with Gasteiger partial charge in [-0.2, -0.15) is 0 Å². The molecule has 3 heteroatoms. The largest absolute Gasteiger partial charge is 0.459 e. The first kappa shape index (κ1) is 12.2. The molecule has 1 rings (SSSR count). The van der Waals surface area contributed by atoms with Crippen LogP contribution in [0.1, 0.15) is 31.2 Å². The van der Waals surface area contributed by atoms with Gasteiger partial charge in [0, 0.05) is 0 Å². The number of benzene rings is 1. The maximum Gasteiger partial charge on any atom is 0.324 e. The summed E-state index contributed by atoms with van der Waals surface area (Å²) in [5.41, 5.74) is 0.462. The predicted molar refractivity (Wildman–Crippen MR) is 64.0 cm³/mol. The molecule has 0 amide bonds. The van der Waals surface area contributed by atoms with E-state index in [2.05, 4.69) is 15.9 Å². The van der Waals surface area contributed by atoms with Crippen molar-refractivity contribution in [3.63, 3.8) is 0 Å². The zero-order valence-electron chi connectivity index (χ0n) is 9.16. The normalized spacial score (nSPS) is 13.3. The number of hydrogen-bond acceptors (Lipinski definition) is 2. The number of carbonyl (C=O) groups excluding carboxylic acids is 1. The van der Waals surface area contributed by atoms with E-state index in [1.165, 1.54) is 0 Å². The summed E-state index contributed by atoms with van der Waals surface area (Å²) in [4.78, 5) is 11.3. The Hall–Kier alpha value is -0.830. The molecule has 0 saturated heterocycles. The maximum atomic E-state index is 11.7. The van der Waals surface area contributed by atoms with Crippen molar-refractivity contribution in [3.05, 3.63) is 35.9 Å². The first-order valence-corrected chi connectivity index (χ1v) is 5.73. The third-order valence-electron chi connectivity index (χ3n) is 1.71. The molecular weight excluding hydrogens is 256 g/mol. The molecule has 0 aromatic heterocycles. The average Bonchev–Trinajstić information content (AvgIpc) is 2.15. The number of rotatable bonds is 2. The molecule has 0 fully saturated rings. The van der Waals surface area contributed by atoms with Crippen molar-refractivity contribution in [1.29, 1.82) is 0 Å². The van der Waals surface area contributed by atoms with Crippen molar-refractivity contribution in [2.24, 2.45) is 0 Å². The van der Waals surface area contributed by atoms with Crippen LogP contribution in [-0.4, -0.2) is 11.6 Å². The number of halogens is 1. The summed E-state index contributed by atoms with van der Waals surface area (Å²) in [6.45, 7) is 5.57. The van der Waals surface area contributed by atoms with E-state index in [4.69, 9.17) is 4.74 Å². The Morgan fingerprint density at radius 1 is 1.27 bits per heavy atom. The molecule has 0 heterocycles. The highest BCUT2D eigenvalue weighted by Crippen LogP contribution is 2.25. The van der Waals surface area contributed by atoms with Crippen LogP contribution in [0.5, 0.6) is 0 Å². The first-order chi connectivity index (χ1) is 6.90. The summed E-state index contributed by atoms with van der Waals surface area (Å²) in [7, 11) is 0. The Morgan fingerprint density at radius 2 is 1.80 bits per heavy atom. The monoisotopic (exact) mass is 270 g/mol. The number of hydrogen-bond donors (Lipinski definition) is 0. The molecule has 0 aliphatic rings. The smallest absolute Gasteiger partial charge is 0.324 e. The molecule has 0 aliphatic carbocycles. The van der Waals surface area contributed by atoms with Crippen LogP contribution in [0.25, 0.3) is 0 Å². The zero-order chi connectivity index (χ0) is 11.5. The van der Waals surface area contributed by atoms with E-state index in [0.717, 1.165) is 5.56 Å². The fraction of sp³-hybridized carbons (Fsp3) is 0.417. The van der Waals surface area contributed by atoms with Gasteiger partial charge in [-0.15, -0.1) is 0 Å². The van der Waals surface area contributed by atoms with Crippen LogP contribution in [0, 0.1) is 0 Å². The van der Waals surface area contributed by atoms with Gasteiger partial charge in [-0.3, -0.25) is 4.79 Å². The van der Waals surface area contributed by atoms with E-state index >= 15 is 0 Å². The number of esters is 1. The minimum absolute atomic E-state index is 0.256. The molecule has 0 bridgehead atoms. The fourth-order valence-electron chi connectivity index (χ4n) is 1.11. The average molecular weight is 271 g/mol. The van der Waals surface area contributed by atoms with E-state index in [9.17, 15) is 4.79 Å². The van der Waals surface area contributed by atoms with Gasteiger partial charge >= 0.3 is 5.97 Å². The minimum atomic E-state index is -0.447. The SMILES string of the molecule is CC(C)(C)OC(=O)[C@H](Br)c1ccccc1. The van der Waals surface area contributed by atoms with Gasteiger partial charge in [0.15, 0.2) is 0 Å². The second-order valence-electron chi connectivity index (χ2n) is 4.31. The lowest BCUT2D eigenvalue weighted by molar-refractivity contribution is -0.154. The molecular formula is C12H15BrO2. The van der Waals surface area contributed by atoms with Crippen molar-refractivity contribution in [3.8, 4) is 0 Å². The fourth-order valence-corrected chi connectivity index (χ4v) is 1.51. The van der Waals surface area contributed by atoms with Crippen LogP contribution in [0.4, 0.5) is 0 Å². The van der Waals surface area contributed by atoms with Crippen LogP contribution in [0.3, 0.4) is 0 Å². The molecule has 82 valence electrons. The second-order valence-corrected chi connectivity index (χ2v) is 5.22. The van der Waals surface area contributed by atoms with Crippen molar-refractivity contribution in [2.75, 3.05) is 0 Å². The second kappa shape index (κ2) is 4.79. The molecule has 0 aliphatic heterocycles. The van der Waals surface area contributed by atoms with Gasteiger partial charge in [-0.05, 0) is 26.3 Å². The first-order valence-electron chi connectivity index (χ1n) is 4.82. The van der Waals surface area contributed by atoms with Crippen LogP contribution in [-0.2, 0) is 9.53 Å². The number of ether oxygens (including phenoxy) is 1. The Morgan fingerprint density at radius 3 is 2.27 bits per heavy atom. The van der Waals surface area contributed by atoms with Crippen molar-refractivity contribution < 1.29 is 9.53 Å². The molecule has 1 atom stereocenters. The molecule has 0 N–H and O–H groups in total. The van der Waals surface area contributed by atoms with Crippen LogP contribution < -0.4 is 0 Å². The van der Waals surface area contributed by atoms with Crippen molar-refractivity contribution in [1.82, 2.24) is 0 Å². The standard InChI is InChI=1S/C12H15BrO2/c1-12(2,3)15-11(14)10(13)9-7-5-4-6-8-9/h4-8,10H,1-3H3/t10-/m1/s1. The van der Waals surface area contributed by atoms with E-state index in [0.29, 0.717) is 0 Å². The molecule has 0 spiro atoms. The van der Waals surface area contributed by atoms with E-state index in [1.807, 2.05) is 51.1 Å². The van der Waals surface area contributed by atoms with Crippen molar-refractivity contribution >= 4 is 21.9 Å². The van der Waals surface area contributed by atoms with Gasteiger partial charge in [0.25, 0.3) is 0 Å². The topological polar surface area (TPSA) is 26.3 Å². The summed E-state index contributed by atoms with van der Waals surface area (Å²) >= 11 is 3.33. The van der Waals surface area contributed by atoms with Gasteiger partial charge in [0.2, 0.25) is 0 Å². The quantitative estimate of drug-likeness (QED) is 0.608. The van der Waals surface area contributed by atoms with E-state index < -0.39 is 10.4 Å².